The van der Waals surface area contributed by atoms with Gasteiger partial charge in [-0.2, -0.15) is 0 Å². The zero-order valence-electron chi connectivity index (χ0n) is 3.85. The molecule has 0 aliphatic rings. The standard InChI is InChI=1S/C3H6O5/c4-1(2(5)6)3(7)8/h1-2,4-6H,(H,7,8)/t1-/m0/s1. The molecule has 4 N–H and O–H groups in total. The third kappa shape index (κ3) is 1.87. The Hall–Kier alpha value is -0.650. The van der Waals surface area contributed by atoms with Crippen molar-refractivity contribution >= 4 is 5.97 Å². The maximum absolute atomic E-state index is 9.57. The SMILES string of the molecule is O=C(O)[C@@H](O)C(O)O. The molecule has 0 aromatic carbocycles. The van der Waals surface area contributed by atoms with Gasteiger partial charge >= 0.3 is 5.97 Å². The van der Waals surface area contributed by atoms with Crippen LogP contribution in [0.5, 0.6) is 0 Å². The summed E-state index contributed by atoms with van der Waals surface area (Å²) in [5.41, 5.74) is 0. The first kappa shape index (κ1) is 7.35. The minimum absolute atomic E-state index is 1.65. The Labute approximate surface area is 44.8 Å². The number of carbonyl (C=O) groups is 1. The topological polar surface area (TPSA) is 98.0 Å². The van der Waals surface area contributed by atoms with Crippen LogP contribution in [-0.2, 0) is 4.79 Å². The van der Waals surface area contributed by atoms with Crippen molar-refractivity contribution in [3.8, 4) is 0 Å². The number of aliphatic hydroxyl groups excluding tert-OH is 2. The van der Waals surface area contributed by atoms with E-state index < -0.39 is 18.4 Å². The third-order valence-corrected chi connectivity index (χ3v) is 0.535. The normalized spacial score (nSPS) is 14.0. The molecule has 1 atom stereocenters. The van der Waals surface area contributed by atoms with Crippen LogP contribution in [0.15, 0.2) is 0 Å². The average molecular weight is 122 g/mol. The number of aliphatic carboxylic acids is 1. The van der Waals surface area contributed by atoms with Crippen molar-refractivity contribution in [2.45, 2.75) is 12.4 Å². The van der Waals surface area contributed by atoms with Crippen molar-refractivity contribution in [3.63, 3.8) is 0 Å². The van der Waals surface area contributed by atoms with Gasteiger partial charge in [-0.15, -0.1) is 0 Å². The van der Waals surface area contributed by atoms with Gasteiger partial charge in [-0.1, -0.05) is 0 Å². The van der Waals surface area contributed by atoms with Gasteiger partial charge < -0.3 is 20.4 Å². The Kier molecular flexibility index (Phi) is 2.40. The fraction of sp³-hybridized carbons (Fsp3) is 0.667. The van der Waals surface area contributed by atoms with Gasteiger partial charge in [0.25, 0.3) is 0 Å². The summed E-state index contributed by atoms with van der Waals surface area (Å²) in [5, 5.41) is 31.7. The molecule has 0 fully saturated rings. The van der Waals surface area contributed by atoms with Gasteiger partial charge in [0.15, 0.2) is 6.29 Å². The quantitative estimate of drug-likeness (QED) is 0.310. The second-order valence-corrected chi connectivity index (χ2v) is 1.20. The molecule has 0 bridgehead atoms. The first-order chi connectivity index (χ1) is 3.55. The fourth-order valence-electron chi connectivity index (χ4n) is 0.128. The van der Waals surface area contributed by atoms with E-state index in [0.29, 0.717) is 0 Å². The fourth-order valence-corrected chi connectivity index (χ4v) is 0.128. The van der Waals surface area contributed by atoms with Crippen LogP contribution in [0, 0.1) is 0 Å². The molecule has 5 heteroatoms. The smallest absolute Gasteiger partial charge is 0.337 e. The Morgan fingerprint density at radius 2 is 1.62 bits per heavy atom. The highest BCUT2D eigenvalue weighted by atomic mass is 16.5. The lowest BCUT2D eigenvalue weighted by Crippen LogP contribution is -2.33. The first-order valence-corrected chi connectivity index (χ1v) is 1.82. The van der Waals surface area contributed by atoms with Crippen LogP contribution < -0.4 is 0 Å². The van der Waals surface area contributed by atoms with Crippen molar-refractivity contribution in [1.29, 1.82) is 0 Å². The van der Waals surface area contributed by atoms with E-state index in [4.69, 9.17) is 20.4 Å². The zero-order valence-corrected chi connectivity index (χ0v) is 3.85. The summed E-state index contributed by atoms with van der Waals surface area (Å²) >= 11 is 0. The second kappa shape index (κ2) is 2.61. The van der Waals surface area contributed by atoms with Gasteiger partial charge in [0.2, 0.25) is 6.10 Å². The summed E-state index contributed by atoms with van der Waals surface area (Å²) in [7, 11) is 0. The number of hydrogen-bond donors (Lipinski definition) is 4. The summed E-state index contributed by atoms with van der Waals surface area (Å²) < 4.78 is 0. The lowest BCUT2D eigenvalue weighted by molar-refractivity contribution is -0.171. The van der Waals surface area contributed by atoms with E-state index in [1.807, 2.05) is 0 Å². The van der Waals surface area contributed by atoms with E-state index in [-0.39, 0.29) is 0 Å². The van der Waals surface area contributed by atoms with Gasteiger partial charge in [-0.3, -0.25) is 0 Å². The monoisotopic (exact) mass is 122 g/mol. The van der Waals surface area contributed by atoms with Gasteiger partial charge in [-0.05, 0) is 0 Å². The van der Waals surface area contributed by atoms with E-state index in [1.54, 1.807) is 0 Å². The minimum atomic E-state index is -2.20. The molecule has 8 heavy (non-hydrogen) atoms. The molecule has 48 valence electrons. The minimum Gasteiger partial charge on any atom is -0.479 e. The largest absolute Gasteiger partial charge is 0.479 e. The number of carboxylic acid groups (broad SMARTS) is 1. The molecule has 0 aromatic rings. The molecular weight excluding hydrogens is 116 g/mol. The van der Waals surface area contributed by atoms with Crippen LogP contribution in [0.25, 0.3) is 0 Å². The van der Waals surface area contributed by atoms with Crippen LogP contribution in [0.3, 0.4) is 0 Å². The Morgan fingerprint density at radius 1 is 1.25 bits per heavy atom. The molecular formula is C3H6O5. The summed E-state index contributed by atoms with van der Waals surface area (Å²) in [6, 6.07) is 0. The van der Waals surface area contributed by atoms with Crippen molar-refractivity contribution in [3.05, 3.63) is 0 Å². The zero-order chi connectivity index (χ0) is 6.73. The maximum atomic E-state index is 9.57. The lowest BCUT2D eigenvalue weighted by Gasteiger charge is -2.04. The number of aliphatic hydroxyl groups is 3. The summed E-state index contributed by atoms with van der Waals surface area (Å²) in [4.78, 5) is 9.57. The van der Waals surface area contributed by atoms with E-state index >= 15 is 0 Å². The maximum Gasteiger partial charge on any atom is 0.337 e. The molecule has 0 saturated heterocycles. The van der Waals surface area contributed by atoms with Crippen molar-refractivity contribution in [2.24, 2.45) is 0 Å². The van der Waals surface area contributed by atoms with E-state index in [9.17, 15) is 4.79 Å². The van der Waals surface area contributed by atoms with Crippen LogP contribution in [0.1, 0.15) is 0 Å². The Bertz CT molecular complexity index is 87.7. The summed E-state index contributed by atoms with van der Waals surface area (Å²) in [6.45, 7) is 0. The number of carboxylic acids is 1. The third-order valence-electron chi connectivity index (χ3n) is 0.535. The molecule has 0 rings (SSSR count). The lowest BCUT2D eigenvalue weighted by atomic mass is 10.4. The van der Waals surface area contributed by atoms with Crippen molar-refractivity contribution < 1.29 is 25.2 Å². The van der Waals surface area contributed by atoms with Gasteiger partial charge in [-0.25, -0.2) is 4.79 Å². The molecule has 5 nitrogen and oxygen atoms in total. The Morgan fingerprint density at radius 3 is 1.62 bits per heavy atom. The average Bonchev–Trinajstić information content (AvgIpc) is 1.64. The molecule has 0 spiro atoms. The second-order valence-electron chi connectivity index (χ2n) is 1.20. The van der Waals surface area contributed by atoms with E-state index in [2.05, 4.69) is 0 Å². The van der Waals surface area contributed by atoms with Gasteiger partial charge in [0.05, 0.1) is 0 Å². The van der Waals surface area contributed by atoms with E-state index in [0.717, 1.165) is 0 Å². The number of rotatable bonds is 2. The predicted molar refractivity (Wildman–Crippen MR) is 21.9 cm³/mol. The summed E-state index contributed by atoms with van der Waals surface area (Å²) in [6.07, 6.45) is -4.30. The highest BCUT2D eigenvalue weighted by Gasteiger charge is 2.20. The molecule has 0 aromatic heterocycles. The van der Waals surface area contributed by atoms with Crippen LogP contribution in [0.2, 0.25) is 0 Å². The van der Waals surface area contributed by atoms with Gasteiger partial charge in [0.1, 0.15) is 0 Å². The highest BCUT2D eigenvalue weighted by Crippen LogP contribution is 1.86. The van der Waals surface area contributed by atoms with Crippen molar-refractivity contribution in [1.82, 2.24) is 0 Å². The molecule has 0 unspecified atom stereocenters. The molecule has 0 amide bonds. The summed E-state index contributed by atoms with van der Waals surface area (Å²) in [5.74, 6) is -1.65. The highest BCUT2D eigenvalue weighted by molar-refractivity contribution is 5.72. The predicted octanol–water partition coefficient (Wildman–Crippen LogP) is -2.26. The van der Waals surface area contributed by atoms with Crippen LogP contribution >= 0.6 is 0 Å². The molecule has 0 aliphatic heterocycles. The van der Waals surface area contributed by atoms with Gasteiger partial charge in [0, 0.05) is 0 Å². The molecule has 0 radical (unpaired) electrons. The van der Waals surface area contributed by atoms with E-state index in [1.165, 1.54) is 0 Å². The van der Waals surface area contributed by atoms with Crippen molar-refractivity contribution in [2.75, 3.05) is 0 Å². The Balaban J connectivity index is 3.64. The molecule has 0 saturated carbocycles. The van der Waals surface area contributed by atoms with Crippen LogP contribution in [-0.4, -0.2) is 38.8 Å². The first-order valence-electron chi connectivity index (χ1n) is 1.82. The van der Waals surface area contributed by atoms with Crippen LogP contribution in [0.4, 0.5) is 0 Å². The number of hydrogen-bond acceptors (Lipinski definition) is 4. The molecule has 0 aliphatic carbocycles. The molecule has 0 heterocycles.